The number of fused-ring (bicyclic) bond motifs is 1. The maximum atomic E-state index is 12.6. The molecule has 1 fully saturated rings. The molecule has 1 aromatic heterocycles. The number of likely N-dealkylation sites (tertiary alicyclic amines) is 1. The molecular weight excluding hydrogens is 308 g/mol. The topological polar surface area (TPSA) is 63.9 Å². The Bertz CT molecular complexity index is 754. The molecule has 6 heteroatoms. The first kappa shape index (κ1) is 14.9. The van der Waals surface area contributed by atoms with E-state index in [0.29, 0.717) is 17.2 Å². The lowest BCUT2D eigenvalue weighted by Crippen LogP contribution is -2.34. The summed E-state index contributed by atoms with van der Waals surface area (Å²) < 4.78 is 16.9. The fourth-order valence-electron chi connectivity index (χ4n) is 3.28. The first-order valence-corrected chi connectivity index (χ1v) is 8.15. The van der Waals surface area contributed by atoms with Crippen molar-refractivity contribution in [1.82, 2.24) is 4.90 Å². The quantitative estimate of drug-likeness (QED) is 0.899. The van der Waals surface area contributed by atoms with E-state index in [0.717, 1.165) is 25.1 Å². The molecule has 1 saturated heterocycles. The molecule has 2 amide bonds. The summed E-state index contributed by atoms with van der Waals surface area (Å²) in [6.07, 6.45) is 3.52. The summed E-state index contributed by atoms with van der Waals surface area (Å²) in [6.45, 7) is 4.42. The number of carbonyl (C=O) groups excluding carboxylic acids is 1. The Kier molecular flexibility index (Phi) is 3.40. The van der Waals surface area contributed by atoms with E-state index >= 15 is 0 Å². The molecule has 1 N–H and O–H groups in total. The Balaban J connectivity index is 1.49. The average molecular weight is 328 g/mol. The van der Waals surface area contributed by atoms with Gasteiger partial charge in [0.05, 0.1) is 12.3 Å². The van der Waals surface area contributed by atoms with Crippen LogP contribution in [0.3, 0.4) is 0 Å². The Morgan fingerprint density at radius 3 is 2.88 bits per heavy atom. The predicted molar refractivity (Wildman–Crippen MR) is 88.2 cm³/mol. The van der Waals surface area contributed by atoms with Crippen molar-refractivity contribution in [3.05, 3.63) is 42.4 Å². The van der Waals surface area contributed by atoms with Gasteiger partial charge in [0.1, 0.15) is 5.76 Å². The van der Waals surface area contributed by atoms with Gasteiger partial charge in [0.15, 0.2) is 11.5 Å². The van der Waals surface area contributed by atoms with Crippen LogP contribution in [0.2, 0.25) is 0 Å². The monoisotopic (exact) mass is 328 g/mol. The molecule has 24 heavy (non-hydrogen) atoms. The molecular formula is C18H20N2O4. The third kappa shape index (κ3) is 2.68. The maximum absolute atomic E-state index is 12.6. The molecule has 0 radical (unpaired) electrons. The van der Waals surface area contributed by atoms with E-state index in [1.807, 2.05) is 43.0 Å². The summed E-state index contributed by atoms with van der Waals surface area (Å²) in [6, 6.07) is 9.05. The van der Waals surface area contributed by atoms with Gasteiger partial charge in [-0.15, -0.1) is 0 Å². The van der Waals surface area contributed by atoms with Crippen molar-refractivity contribution in [3.8, 4) is 11.5 Å². The van der Waals surface area contributed by atoms with Crippen LogP contribution in [0.4, 0.5) is 10.5 Å². The van der Waals surface area contributed by atoms with Gasteiger partial charge in [0.2, 0.25) is 5.79 Å². The van der Waals surface area contributed by atoms with Gasteiger partial charge in [-0.25, -0.2) is 4.79 Å². The fourth-order valence-corrected chi connectivity index (χ4v) is 3.28. The Hall–Kier alpha value is -2.63. The lowest BCUT2D eigenvalue weighted by atomic mass is 10.2. The number of furan rings is 1. The summed E-state index contributed by atoms with van der Waals surface area (Å²) in [7, 11) is 0. The van der Waals surface area contributed by atoms with Crippen molar-refractivity contribution in [2.75, 3.05) is 11.9 Å². The number of urea groups is 1. The van der Waals surface area contributed by atoms with Crippen LogP contribution in [0, 0.1) is 0 Å². The highest BCUT2D eigenvalue weighted by Crippen LogP contribution is 2.41. The third-order valence-corrected chi connectivity index (χ3v) is 4.29. The lowest BCUT2D eigenvalue weighted by molar-refractivity contribution is -0.0431. The minimum Gasteiger partial charge on any atom is -0.467 e. The van der Waals surface area contributed by atoms with Gasteiger partial charge in [-0.1, -0.05) is 0 Å². The minimum atomic E-state index is -0.676. The van der Waals surface area contributed by atoms with Crippen LogP contribution in [-0.2, 0) is 0 Å². The number of nitrogens with zero attached hydrogens (tertiary/aromatic N) is 1. The van der Waals surface area contributed by atoms with Gasteiger partial charge in [-0.05, 0) is 37.1 Å². The lowest BCUT2D eigenvalue weighted by Gasteiger charge is -2.23. The van der Waals surface area contributed by atoms with E-state index in [-0.39, 0.29) is 12.1 Å². The number of hydrogen-bond donors (Lipinski definition) is 1. The Morgan fingerprint density at radius 1 is 1.25 bits per heavy atom. The molecule has 2 aromatic rings. The van der Waals surface area contributed by atoms with Crippen LogP contribution in [-0.4, -0.2) is 23.3 Å². The van der Waals surface area contributed by atoms with Crippen LogP contribution in [0.15, 0.2) is 41.0 Å². The second kappa shape index (κ2) is 5.47. The number of rotatable bonds is 2. The van der Waals surface area contributed by atoms with Crippen LogP contribution in [0.5, 0.6) is 11.5 Å². The first-order chi connectivity index (χ1) is 11.5. The van der Waals surface area contributed by atoms with Gasteiger partial charge in [0, 0.05) is 32.1 Å². The Morgan fingerprint density at radius 2 is 2.08 bits per heavy atom. The molecule has 0 unspecified atom stereocenters. The van der Waals surface area contributed by atoms with E-state index in [9.17, 15) is 4.79 Å². The standard InChI is InChI=1S/C18H20N2O4/c1-18(2)23-15-8-7-12(11-16(15)24-18)19-17(21)20-9-3-5-13(20)14-6-4-10-22-14/h4,6-8,10-11,13H,3,5,9H2,1-2H3,(H,19,21)/t13-/m1/s1. The number of ether oxygens (including phenoxy) is 2. The highest BCUT2D eigenvalue weighted by Gasteiger charge is 2.33. The van der Waals surface area contributed by atoms with Gasteiger partial charge in [-0.2, -0.15) is 0 Å². The van der Waals surface area contributed by atoms with Crippen molar-refractivity contribution in [1.29, 1.82) is 0 Å². The molecule has 2 aliphatic rings. The van der Waals surface area contributed by atoms with E-state index in [4.69, 9.17) is 13.9 Å². The molecule has 6 nitrogen and oxygen atoms in total. The van der Waals surface area contributed by atoms with Crippen LogP contribution in [0.1, 0.15) is 38.5 Å². The van der Waals surface area contributed by atoms with Crippen molar-refractivity contribution in [3.63, 3.8) is 0 Å². The summed E-state index contributed by atoms with van der Waals surface area (Å²) in [5.41, 5.74) is 0.685. The van der Waals surface area contributed by atoms with Crippen molar-refractivity contribution < 1.29 is 18.7 Å². The molecule has 0 aliphatic carbocycles. The fraction of sp³-hybridized carbons (Fsp3) is 0.389. The first-order valence-electron chi connectivity index (χ1n) is 8.15. The molecule has 0 spiro atoms. The van der Waals surface area contributed by atoms with E-state index in [2.05, 4.69) is 5.32 Å². The van der Waals surface area contributed by atoms with E-state index < -0.39 is 5.79 Å². The second-order valence-electron chi connectivity index (χ2n) is 6.56. The number of carbonyl (C=O) groups is 1. The average Bonchev–Trinajstić information content (AvgIpc) is 3.24. The number of nitrogens with one attached hydrogen (secondary N) is 1. The SMILES string of the molecule is CC1(C)Oc2ccc(NC(=O)N3CCC[C@@H]3c3ccco3)cc2O1. The smallest absolute Gasteiger partial charge is 0.322 e. The van der Waals surface area contributed by atoms with Crippen LogP contribution < -0.4 is 14.8 Å². The molecule has 0 saturated carbocycles. The molecule has 1 atom stereocenters. The normalized spacial score (nSPS) is 21.1. The van der Waals surface area contributed by atoms with E-state index in [1.165, 1.54) is 0 Å². The van der Waals surface area contributed by atoms with Crippen molar-refractivity contribution in [2.45, 2.75) is 38.5 Å². The van der Waals surface area contributed by atoms with Gasteiger partial charge in [-0.3, -0.25) is 0 Å². The molecule has 2 aliphatic heterocycles. The summed E-state index contributed by atoms with van der Waals surface area (Å²) in [4.78, 5) is 14.5. The number of benzene rings is 1. The number of anilines is 1. The number of amides is 2. The largest absolute Gasteiger partial charge is 0.467 e. The molecule has 4 rings (SSSR count). The van der Waals surface area contributed by atoms with Gasteiger partial charge >= 0.3 is 6.03 Å². The van der Waals surface area contributed by atoms with Crippen molar-refractivity contribution >= 4 is 11.7 Å². The second-order valence-corrected chi connectivity index (χ2v) is 6.56. The zero-order valence-corrected chi connectivity index (χ0v) is 13.7. The highest BCUT2D eigenvalue weighted by atomic mass is 16.7. The zero-order valence-electron chi connectivity index (χ0n) is 13.7. The van der Waals surface area contributed by atoms with Crippen LogP contribution >= 0.6 is 0 Å². The summed E-state index contributed by atoms with van der Waals surface area (Å²) in [5, 5.41) is 2.94. The summed E-state index contributed by atoms with van der Waals surface area (Å²) in [5.74, 6) is 1.48. The molecule has 0 bridgehead atoms. The molecule has 126 valence electrons. The third-order valence-electron chi connectivity index (χ3n) is 4.29. The zero-order chi connectivity index (χ0) is 16.7. The van der Waals surface area contributed by atoms with Crippen LogP contribution in [0.25, 0.3) is 0 Å². The summed E-state index contributed by atoms with van der Waals surface area (Å²) >= 11 is 0. The molecule has 1 aromatic carbocycles. The Labute approximate surface area is 140 Å². The van der Waals surface area contributed by atoms with Crippen molar-refractivity contribution in [2.24, 2.45) is 0 Å². The predicted octanol–water partition coefficient (Wildman–Crippen LogP) is 4.16. The maximum Gasteiger partial charge on any atom is 0.322 e. The minimum absolute atomic E-state index is 0.00653. The number of hydrogen-bond acceptors (Lipinski definition) is 4. The highest BCUT2D eigenvalue weighted by molar-refractivity contribution is 5.90. The van der Waals surface area contributed by atoms with Gasteiger partial charge < -0.3 is 24.1 Å². The van der Waals surface area contributed by atoms with E-state index in [1.54, 1.807) is 12.3 Å². The molecule has 3 heterocycles. The van der Waals surface area contributed by atoms with Gasteiger partial charge in [0.25, 0.3) is 0 Å².